The van der Waals surface area contributed by atoms with Gasteiger partial charge in [-0.15, -0.1) is 0 Å². The van der Waals surface area contributed by atoms with E-state index in [1.54, 1.807) is 39.6 Å². The lowest BCUT2D eigenvalue weighted by Crippen LogP contribution is -2.30. The minimum absolute atomic E-state index is 0.120. The third-order valence-electron chi connectivity index (χ3n) is 6.86. The van der Waals surface area contributed by atoms with Gasteiger partial charge in [0.25, 0.3) is 11.8 Å². The van der Waals surface area contributed by atoms with Crippen LogP contribution in [0.1, 0.15) is 54.0 Å². The highest BCUT2D eigenvalue weighted by molar-refractivity contribution is 6.00. The van der Waals surface area contributed by atoms with E-state index in [9.17, 15) is 22.4 Å². The van der Waals surface area contributed by atoms with Gasteiger partial charge < -0.3 is 9.64 Å². The zero-order valence-corrected chi connectivity index (χ0v) is 20.5. The first-order chi connectivity index (χ1) is 17.7. The van der Waals surface area contributed by atoms with E-state index in [1.807, 2.05) is 13.0 Å². The molecule has 1 fully saturated rings. The van der Waals surface area contributed by atoms with Gasteiger partial charge in [0.1, 0.15) is 11.5 Å². The normalized spacial score (nSPS) is 18.9. The zero-order valence-electron chi connectivity index (χ0n) is 20.5. The molecule has 2 aliphatic heterocycles. The molecule has 0 spiro atoms. The van der Waals surface area contributed by atoms with Crippen LogP contribution in [0.15, 0.2) is 36.4 Å². The standard InChI is InChI=1S/C27H26F4N4O2/c1-3-20-24-32-19-11-10-17(7-4-5-13-34-14-12-27(30,31)16-34)15-21(19)35(24)23-18(25(36)33(20)2)8-6-9-22(23)37-26(28)29/h6,8-11,15,20,26H,3,5,12-14,16H2,1-2H3. The molecule has 194 valence electrons. The minimum Gasteiger partial charge on any atom is -0.433 e. The Kier molecular flexibility index (Phi) is 6.58. The Labute approximate surface area is 211 Å². The molecular weight excluding hydrogens is 488 g/mol. The van der Waals surface area contributed by atoms with Crippen LogP contribution in [0.5, 0.6) is 5.75 Å². The predicted octanol–water partition coefficient (Wildman–Crippen LogP) is 5.25. The molecule has 1 saturated heterocycles. The zero-order chi connectivity index (χ0) is 26.3. The number of nitrogens with zero attached hydrogens (tertiary/aromatic N) is 4. The molecule has 3 heterocycles. The number of benzene rings is 2. The maximum absolute atomic E-state index is 13.4. The van der Waals surface area contributed by atoms with E-state index in [-0.39, 0.29) is 41.9 Å². The van der Waals surface area contributed by atoms with E-state index >= 15 is 0 Å². The average molecular weight is 515 g/mol. The molecule has 10 heteroatoms. The minimum atomic E-state index is -3.07. The van der Waals surface area contributed by atoms with Gasteiger partial charge >= 0.3 is 6.61 Å². The van der Waals surface area contributed by atoms with Crippen LogP contribution >= 0.6 is 0 Å². The van der Waals surface area contributed by atoms with E-state index in [0.29, 0.717) is 48.4 Å². The van der Waals surface area contributed by atoms with E-state index in [2.05, 4.69) is 11.8 Å². The summed E-state index contributed by atoms with van der Waals surface area (Å²) in [5.41, 5.74) is 2.34. The summed E-state index contributed by atoms with van der Waals surface area (Å²) >= 11 is 0. The summed E-state index contributed by atoms with van der Waals surface area (Å²) in [5, 5.41) is 0. The Morgan fingerprint density at radius 3 is 2.76 bits per heavy atom. The molecule has 0 radical (unpaired) electrons. The van der Waals surface area contributed by atoms with Crippen molar-refractivity contribution < 1.29 is 27.1 Å². The topological polar surface area (TPSA) is 50.6 Å². The molecule has 0 bridgehead atoms. The van der Waals surface area contributed by atoms with Gasteiger partial charge in [0.2, 0.25) is 0 Å². The number of likely N-dealkylation sites (tertiary alicyclic amines) is 1. The summed E-state index contributed by atoms with van der Waals surface area (Å²) in [6, 6.07) is 9.53. The van der Waals surface area contributed by atoms with Crippen molar-refractivity contribution in [2.24, 2.45) is 0 Å². The largest absolute Gasteiger partial charge is 0.433 e. The molecule has 1 unspecified atom stereocenters. The number of aromatic nitrogens is 2. The molecule has 37 heavy (non-hydrogen) atoms. The summed E-state index contributed by atoms with van der Waals surface area (Å²) in [6.07, 6.45) is 0.871. The molecule has 2 aliphatic rings. The van der Waals surface area contributed by atoms with Gasteiger partial charge in [-0.3, -0.25) is 14.3 Å². The number of imidazole rings is 1. The first kappa shape index (κ1) is 25.1. The Morgan fingerprint density at radius 1 is 1.24 bits per heavy atom. The molecule has 3 aromatic rings. The Morgan fingerprint density at radius 2 is 2.05 bits per heavy atom. The fourth-order valence-electron chi connectivity index (χ4n) is 5.08. The van der Waals surface area contributed by atoms with Crippen molar-refractivity contribution in [3.63, 3.8) is 0 Å². The lowest BCUT2D eigenvalue weighted by atomic mass is 10.1. The Balaban J connectivity index is 1.57. The lowest BCUT2D eigenvalue weighted by molar-refractivity contribution is -0.0498. The van der Waals surface area contributed by atoms with Crippen molar-refractivity contribution in [1.82, 2.24) is 19.4 Å². The number of hydrogen-bond acceptors (Lipinski definition) is 4. The average Bonchev–Trinajstić information content (AvgIpc) is 3.37. The molecule has 0 saturated carbocycles. The fourth-order valence-corrected chi connectivity index (χ4v) is 5.08. The van der Waals surface area contributed by atoms with E-state index < -0.39 is 12.5 Å². The number of alkyl halides is 4. The summed E-state index contributed by atoms with van der Waals surface area (Å²) < 4.78 is 60.0. The van der Waals surface area contributed by atoms with Crippen LogP contribution in [0.3, 0.4) is 0 Å². The molecule has 6 nitrogen and oxygen atoms in total. The van der Waals surface area contributed by atoms with Crippen LogP contribution in [0.4, 0.5) is 17.6 Å². The van der Waals surface area contributed by atoms with Gasteiger partial charge in [-0.2, -0.15) is 8.78 Å². The summed E-state index contributed by atoms with van der Waals surface area (Å²) in [4.78, 5) is 21.3. The van der Waals surface area contributed by atoms with Crippen LogP contribution in [0.25, 0.3) is 16.7 Å². The van der Waals surface area contributed by atoms with Crippen molar-refractivity contribution in [2.45, 2.75) is 44.8 Å². The first-order valence-electron chi connectivity index (χ1n) is 12.2. The molecule has 1 atom stereocenters. The molecule has 1 amide bonds. The van der Waals surface area contributed by atoms with Crippen LogP contribution in [0.2, 0.25) is 0 Å². The maximum Gasteiger partial charge on any atom is 0.387 e. The first-order valence-corrected chi connectivity index (χ1v) is 12.2. The smallest absolute Gasteiger partial charge is 0.387 e. The molecule has 5 rings (SSSR count). The number of para-hydroxylation sites is 1. The van der Waals surface area contributed by atoms with Gasteiger partial charge in [0, 0.05) is 38.5 Å². The molecular formula is C27H26F4N4O2. The number of halogens is 4. The van der Waals surface area contributed by atoms with Crippen LogP contribution in [-0.2, 0) is 0 Å². The SMILES string of the molecule is CCC1c2nc3ccc(C#CCCN4CCC(F)(F)C4)cc3n2-c2c(OC(F)F)cccc2C(=O)N1C. The van der Waals surface area contributed by atoms with Crippen molar-refractivity contribution in [2.75, 3.05) is 26.7 Å². The quantitative estimate of drug-likeness (QED) is 0.345. The van der Waals surface area contributed by atoms with E-state index in [1.165, 1.54) is 12.1 Å². The highest BCUT2D eigenvalue weighted by Crippen LogP contribution is 2.40. The van der Waals surface area contributed by atoms with Crippen molar-refractivity contribution in [3.05, 3.63) is 53.3 Å². The number of rotatable bonds is 5. The monoisotopic (exact) mass is 514 g/mol. The molecule has 1 aromatic heterocycles. The third-order valence-corrected chi connectivity index (χ3v) is 6.86. The third kappa shape index (κ3) is 4.76. The number of carbonyl (C=O) groups excluding carboxylic acids is 1. The summed E-state index contributed by atoms with van der Waals surface area (Å²) in [5.74, 6) is 3.59. The number of carbonyl (C=O) groups is 1. The van der Waals surface area contributed by atoms with Crippen molar-refractivity contribution >= 4 is 16.9 Å². The molecule has 0 aliphatic carbocycles. The van der Waals surface area contributed by atoms with Gasteiger partial charge in [-0.05, 0) is 36.8 Å². The highest BCUT2D eigenvalue weighted by atomic mass is 19.3. The number of amides is 1. The van der Waals surface area contributed by atoms with Crippen LogP contribution < -0.4 is 4.74 Å². The second-order valence-electron chi connectivity index (χ2n) is 9.31. The second-order valence-corrected chi connectivity index (χ2v) is 9.31. The number of hydrogen-bond donors (Lipinski definition) is 0. The molecule has 0 N–H and O–H groups in total. The fraction of sp³-hybridized carbons (Fsp3) is 0.407. The summed E-state index contributed by atoms with van der Waals surface area (Å²) in [7, 11) is 1.67. The summed E-state index contributed by atoms with van der Waals surface area (Å²) in [6.45, 7) is -0.563. The van der Waals surface area contributed by atoms with Gasteiger partial charge in [0.05, 0.1) is 29.2 Å². The van der Waals surface area contributed by atoms with Gasteiger partial charge in [0.15, 0.2) is 5.75 Å². The highest BCUT2D eigenvalue weighted by Gasteiger charge is 2.38. The van der Waals surface area contributed by atoms with E-state index in [0.717, 1.165) is 0 Å². The predicted molar refractivity (Wildman–Crippen MR) is 130 cm³/mol. The maximum atomic E-state index is 13.4. The molecule has 2 aromatic carbocycles. The van der Waals surface area contributed by atoms with E-state index in [4.69, 9.17) is 9.72 Å². The van der Waals surface area contributed by atoms with Crippen LogP contribution in [0, 0.1) is 11.8 Å². The van der Waals surface area contributed by atoms with Crippen LogP contribution in [-0.4, -0.2) is 64.5 Å². The van der Waals surface area contributed by atoms with Gasteiger partial charge in [-0.1, -0.05) is 24.8 Å². The number of ether oxygens (including phenoxy) is 1. The lowest BCUT2D eigenvalue weighted by Gasteiger charge is -2.24. The van der Waals surface area contributed by atoms with Gasteiger partial charge in [-0.25, -0.2) is 13.8 Å². The van der Waals surface area contributed by atoms with Crippen molar-refractivity contribution in [1.29, 1.82) is 0 Å². The second kappa shape index (κ2) is 9.71. The number of fused-ring (bicyclic) bond motifs is 5. The van der Waals surface area contributed by atoms with Crippen molar-refractivity contribution in [3.8, 4) is 23.3 Å². The Hall–Kier alpha value is -3.58. The Bertz CT molecular complexity index is 1410.